The molecule has 0 aliphatic carbocycles. The molecular formula is C34H50N2O4Si4. The second-order valence-electron chi connectivity index (χ2n) is 12.8. The molecule has 0 aromatic heterocycles. The van der Waals surface area contributed by atoms with Crippen molar-refractivity contribution >= 4 is 57.1 Å². The van der Waals surface area contributed by atoms with Crippen LogP contribution in [0.15, 0.2) is 84.9 Å². The van der Waals surface area contributed by atoms with Crippen molar-refractivity contribution in [3.05, 3.63) is 118 Å². The molecule has 0 radical (unpaired) electrons. The zero-order valence-electron chi connectivity index (χ0n) is 27.9. The second kappa shape index (κ2) is 14.5. The number of rotatable bonds is 8. The fourth-order valence-electron chi connectivity index (χ4n) is 6.44. The van der Waals surface area contributed by atoms with Gasteiger partial charge in [0.05, 0.1) is 0 Å². The van der Waals surface area contributed by atoms with Crippen molar-refractivity contribution in [3.8, 4) is 0 Å². The van der Waals surface area contributed by atoms with Gasteiger partial charge in [0.1, 0.15) is 0 Å². The van der Waals surface area contributed by atoms with Crippen molar-refractivity contribution in [1.82, 2.24) is 0 Å². The van der Waals surface area contributed by atoms with Crippen LogP contribution in [0.25, 0.3) is 0 Å². The third kappa shape index (κ3) is 7.87. The molecule has 6 nitrogen and oxygen atoms in total. The summed E-state index contributed by atoms with van der Waals surface area (Å²) in [6.45, 7) is 21.0. The van der Waals surface area contributed by atoms with Gasteiger partial charge in [-0.25, -0.2) is 0 Å². The van der Waals surface area contributed by atoms with E-state index in [0.717, 1.165) is 33.6 Å². The van der Waals surface area contributed by atoms with Crippen molar-refractivity contribution in [3.63, 3.8) is 0 Å². The molecule has 236 valence electrons. The number of benzene rings is 4. The summed E-state index contributed by atoms with van der Waals surface area (Å²) < 4.78 is 3.90. The smallest absolute Gasteiger partial charge is 0.397 e. The van der Waals surface area contributed by atoms with E-state index >= 15 is 0 Å². The van der Waals surface area contributed by atoms with Crippen LogP contribution in [0.1, 0.15) is 33.4 Å². The lowest BCUT2D eigenvalue weighted by molar-refractivity contribution is 0.407. The van der Waals surface area contributed by atoms with E-state index in [0.29, 0.717) is 0 Å². The minimum Gasteiger partial charge on any atom is -0.397 e. The average Bonchev–Trinajstić information content (AvgIpc) is 2.93. The Hall–Kier alpha value is -2.81. The van der Waals surface area contributed by atoms with Gasteiger partial charge in [0, 0.05) is 11.4 Å². The summed E-state index contributed by atoms with van der Waals surface area (Å²) in [4.78, 5) is 40.9. The van der Waals surface area contributed by atoms with Crippen LogP contribution in [-0.4, -0.2) is 54.5 Å². The topological polar surface area (TPSA) is 87.4 Å². The van der Waals surface area contributed by atoms with E-state index < -0.39 is 35.4 Å². The number of aryl methyl sites for hydroxylation is 6. The van der Waals surface area contributed by atoms with Crippen molar-refractivity contribution in [2.45, 2.75) is 67.7 Å². The summed E-state index contributed by atoms with van der Waals surface area (Å²) in [5.41, 5.74) is 8.81. The first-order valence-corrected chi connectivity index (χ1v) is 24.1. The number of anilines is 2. The molecule has 10 heteroatoms. The summed E-state index contributed by atoms with van der Waals surface area (Å²) in [7, 11) is -10.4. The van der Waals surface area contributed by atoms with Crippen LogP contribution in [0.4, 0.5) is 11.4 Å². The van der Waals surface area contributed by atoms with Gasteiger partial charge in [-0.15, -0.1) is 0 Å². The standard InChI is InChI=1S/2C17H25NO2Si2/c2*1-13-11-14(2)17(15(3)12-13)18(21(19)20)22(4,5)16-9-7-6-8-10-16/h2*6-12,19-21H,1-5H3. The Labute approximate surface area is 269 Å². The van der Waals surface area contributed by atoms with E-state index in [9.17, 15) is 19.2 Å². The molecule has 0 atom stereocenters. The zero-order valence-corrected chi connectivity index (χ0v) is 32.2. The molecule has 4 rings (SSSR count). The van der Waals surface area contributed by atoms with Gasteiger partial charge in [-0.3, -0.25) is 0 Å². The predicted octanol–water partition coefficient (Wildman–Crippen LogP) is 4.46. The van der Waals surface area contributed by atoms with Gasteiger partial charge in [-0.2, -0.15) is 0 Å². The van der Waals surface area contributed by atoms with Crippen LogP contribution in [-0.2, 0) is 0 Å². The Morgan fingerprint density at radius 3 is 0.932 bits per heavy atom. The molecule has 44 heavy (non-hydrogen) atoms. The van der Waals surface area contributed by atoms with Gasteiger partial charge < -0.3 is 27.6 Å². The fourth-order valence-corrected chi connectivity index (χ4v) is 17.6. The van der Waals surface area contributed by atoms with Crippen LogP contribution in [0, 0.1) is 41.5 Å². The molecule has 0 saturated heterocycles. The summed E-state index contributed by atoms with van der Waals surface area (Å²) in [6, 6.07) is 28.9. The van der Waals surface area contributed by atoms with E-state index in [1.807, 2.05) is 44.9 Å². The predicted molar refractivity (Wildman–Crippen MR) is 197 cm³/mol. The molecule has 0 fully saturated rings. The molecule has 4 N–H and O–H groups in total. The first kappa shape index (κ1) is 35.7. The van der Waals surface area contributed by atoms with E-state index in [-0.39, 0.29) is 0 Å². The largest absolute Gasteiger partial charge is 0.429 e. The minimum absolute atomic E-state index is 0.993. The molecule has 0 unspecified atom stereocenters. The molecule has 0 heterocycles. The highest BCUT2D eigenvalue weighted by Crippen LogP contribution is 2.32. The molecule has 4 aromatic carbocycles. The molecule has 0 aliphatic rings. The van der Waals surface area contributed by atoms with Crippen molar-refractivity contribution in [2.24, 2.45) is 0 Å². The number of hydrogen-bond acceptors (Lipinski definition) is 6. The maximum Gasteiger partial charge on any atom is 0.429 e. The Morgan fingerprint density at radius 2 is 0.705 bits per heavy atom. The third-order valence-corrected chi connectivity index (χ3v) is 21.4. The highest BCUT2D eigenvalue weighted by atomic mass is 28.4. The second-order valence-corrected chi connectivity index (χ2v) is 24.6. The van der Waals surface area contributed by atoms with E-state index in [2.05, 4.69) is 116 Å². The Morgan fingerprint density at radius 1 is 0.455 bits per heavy atom. The van der Waals surface area contributed by atoms with Crippen LogP contribution < -0.4 is 18.8 Å². The first-order chi connectivity index (χ1) is 20.5. The van der Waals surface area contributed by atoms with Crippen LogP contribution in [0.5, 0.6) is 0 Å². The van der Waals surface area contributed by atoms with Gasteiger partial charge in [-0.05, 0) is 100 Å². The maximum absolute atomic E-state index is 10.2. The summed E-state index contributed by atoms with van der Waals surface area (Å²) >= 11 is 0. The lowest BCUT2D eigenvalue weighted by Crippen LogP contribution is -2.64. The maximum atomic E-state index is 10.2. The van der Waals surface area contributed by atoms with Crippen LogP contribution in [0.3, 0.4) is 0 Å². The fraction of sp³-hybridized carbons (Fsp3) is 0.294. The van der Waals surface area contributed by atoms with Crippen LogP contribution in [0.2, 0.25) is 26.2 Å². The molecule has 0 saturated carbocycles. The quantitative estimate of drug-likeness (QED) is 0.209. The van der Waals surface area contributed by atoms with Gasteiger partial charge in [0.25, 0.3) is 0 Å². The lowest BCUT2D eigenvalue weighted by atomic mass is 10.1. The Bertz CT molecular complexity index is 1380. The van der Waals surface area contributed by atoms with Gasteiger partial charge >= 0.3 is 18.9 Å². The zero-order chi connectivity index (χ0) is 33.0. The highest BCUT2D eigenvalue weighted by Gasteiger charge is 2.39. The molecular weight excluding hydrogens is 613 g/mol. The average molecular weight is 663 g/mol. The molecule has 0 bridgehead atoms. The lowest BCUT2D eigenvalue weighted by Gasteiger charge is -2.41. The molecule has 0 spiro atoms. The normalized spacial score (nSPS) is 11.8. The SMILES string of the molecule is Cc1cc(C)c(N([SiH](O)O)[Si](C)(C)c2ccccc2)c(C)c1.Cc1cc(C)c(N([SiH](O)O)[Si](C)(C)c2ccccc2)c(C)c1. The van der Waals surface area contributed by atoms with E-state index in [4.69, 9.17) is 0 Å². The number of nitrogens with zero attached hydrogens (tertiary/aromatic N) is 2. The molecule has 0 amide bonds. The van der Waals surface area contributed by atoms with Crippen LogP contribution >= 0.6 is 0 Å². The molecule has 4 aromatic rings. The monoisotopic (exact) mass is 662 g/mol. The van der Waals surface area contributed by atoms with E-state index in [1.54, 1.807) is 0 Å². The van der Waals surface area contributed by atoms with Gasteiger partial charge in [0.2, 0.25) is 0 Å². The van der Waals surface area contributed by atoms with Gasteiger partial charge in [0.15, 0.2) is 16.5 Å². The van der Waals surface area contributed by atoms with Crippen molar-refractivity contribution in [1.29, 1.82) is 0 Å². The summed E-state index contributed by atoms with van der Waals surface area (Å²) in [5.74, 6) is 0. The van der Waals surface area contributed by atoms with Gasteiger partial charge in [-0.1, -0.05) is 96.1 Å². The number of hydrogen-bond donors (Lipinski definition) is 4. The molecule has 0 aliphatic heterocycles. The van der Waals surface area contributed by atoms with Crippen molar-refractivity contribution < 1.29 is 19.2 Å². The Balaban J connectivity index is 0.000000240. The Kier molecular flexibility index (Phi) is 11.8. The first-order valence-electron chi connectivity index (χ1n) is 15.1. The summed E-state index contributed by atoms with van der Waals surface area (Å²) in [6.07, 6.45) is 0. The third-order valence-electron chi connectivity index (χ3n) is 8.38. The summed E-state index contributed by atoms with van der Waals surface area (Å²) in [5, 5.41) is 2.41. The van der Waals surface area contributed by atoms with E-state index in [1.165, 1.54) is 21.5 Å². The van der Waals surface area contributed by atoms with Crippen molar-refractivity contribution in [2.75, 3.05) is 8.46 Å². The minimum atomic E-state index is -2.98. The highest BCUT2D eigenvalue weighted by molar-refractivity contribution is 7.00.